The number of aliphatic hydroxyl groups excluding tert-OH is 1. The second-order valence-electron chi connectivity index (χ2n) is 6.95. The van der Waals surface area contributed by atoms with E-state index in [1.165, 1.54) is 0 Å². The minimum atomic E-state index is -0.948. The van der Waals surface area contributed by atoms with Gasteiger partial charge in [0.1, 0.15) is 18.5 Å². The molecule has 0 radical (unpaired) electrons. The lowest BCUT2D eigenvalue weighted by Gasteiger charge is -2.27. The zero-order valence-electron chi connectivity index (χ0n) is 18.8. The number of carbonyl (C=O) groups excluding carboxylic acids is 3. The molecule has 2 aromatic rings. The highest BCUT2D eigenvalue weighted by atomic mass is 32.1. The van der Waals surface area contributed by atoms with Crippen LogP contribution in [0.15, 0.2) is 54.6 Å². The second kappa shape index (κ2) is 14.9. The summed E-state index contributed by atoms with van der Waals surface area (Å²) in [5.41, 5.74) is 0.888. The molecule has 2 amide bonds. The van der Waals surface area contributed by atoms with Gasteiger partial charge in [0, 0.05) is 18.6 Å². The van der Waals surface area contributed by atoms with E-state index in [1.54, 1.807) is 61.5 Å². The molecule has 34 heavy (non-hydrogen) atoms. The van der Waals surface area contributed by atoms with Gasteiger partial charge in [-0.3, -0.25) is 14.9 Å². The van der Waals surface area contributed by atoms with Crippen molar-refractivity contribution in [1.29, 1.82) is 0 Å². The molecule has 2 atom stereocenters. The van der Waals surface area contributed by atoms with E-state index >= 15 is 0 Å². The van der Waals surface area contributed by atoms with Crippen LogP contribution in [-0.4, -0.2) is 61.4 Å². The smallest absolute Gasteiger partial charge is 0.414 e. The van der Waals surface area contributed by atoms with Gasteiger partial charge in [0.25, 0.3) is 5.91 Å². The summed E-state index contributed by atoms with van der Waals surface area (Å²) in [5.74, 6) is -0.616. The third-order valence-electron chi connectivity index (χ3n) is 4.57. The fourth-order valence-corrected chi connectivity index (χ4v) is 3.14. The number of amides is 2. The van der Waals surface area contributed by atoms with Crippen LogP contribution < -0.4 is 10.1 Å². The second-order valence-corrected chi connectivity index (χ2v) is 7.26. The van der Waals surface area contributed by atoms with Crippen molar-refractivity contribution in [3.8, 4) is 5.75 Å². The molecule has 0 aliphatic heterocycles. The molecule has 10 heteroatoms. The Morgan fingerprint density at radius 1 is 1.03 bits per heavy atom. The van der Waals surface area contributed by atoms with Crippen molar-refractivity contribution in [2.75, 3.05) is 32.2 Å². The standard InChI is InChI=1S/C24H29NO8S/c1-2-30-20(12-14-32-21(27)16-34)22(17-8-10-19(11-9-17)31-15-13-26)33-24(29)25-23(28)18-6-4-3-5-7-18/h3-11,20,22,26,34H,2,12-16H2,1H3,(H,25,28,29)/t20-,22-/m1/s1. The molecule has 0 aromatic heterocycles. The van der Waals surface area contributed by atoms with Gasteiger partial charge < -0.3 is 24.1 Å². The maximum absolute atomic E-state index is 12.6. The molecule has 0 saturated heterocycles. The van der Waals surface area contributed by atoms with Gasteiger partial charge in [0.15, 0.2) is 6.10 Å². The number of thiol groups is 1. The molecular formula is C24H29NO8S. The first-order valence-electron chi connectivity index (χ1n) is 10.8. The average Bonchev–Trinajstić information content (AvgIpc) is 2.86. The van der Waals surface area contributed by atoms with Crippen molar-refractivity contribution >= 4 is 30.6 Å². The fraction of sp³-hybridized carbons (Fsp3) is 0.375. The first-order valence-corrected chi connectivity index (χ1v) is 11.4. The predicted molar refractivity (Wildman–Crippen MR) is 127 cm³/mol. The molecule has 2 N–H and O–H groups in total. The van der Waals surface area contributed by atoms with Crippen molar-refractivity contribution in [3.05, 3.63) is 65.7 Å². The molecule has 0 unspecified atom stereocenters. The van der Waals surface area contributed by atoms with Crippen LogP contribution in [0.3, 0.4) is 0 Å². The van der Waals surface area contributed by atoms with Gasteiger partial charge in [0.2, 0.25) is 0 Å². The molecule has 0 heterocycles. The molecule has 0 fully saturated rings. The summed E-state index contributed by atoms with van der Waals surface area (Å²) in [6.45, 7) is 2.15. The molecule has 2 rings (SSSR count). The highest BCUT2D eigenvalue weighted by Crippen LogP contribution is 2.28. The largest absolute Gasteiger partial charge is 0.491 e. The highest BCUT2D eigenvalue weighted by molar-refractivity contribution is 7.81. The fourth-order valence-electron chi connectivity index (χ4n) is 3.05. The van der Waals surface area contributed by atoms with Crippen LogP contribution in [0, 0.1) is 0 Å². The minimum absolute atomic E-state index is 0.0339. The third kappa shape index (κ3) is 9.05. The number of rotatable bonds is 13. The number of hydrogen-bond donors (Lipinski definition) is 3. The van der Waals surface area contributed by atoms with Gasteiger partial charge in [-0.2, -0.15) is 12.6 Å². The van der Waals surface area contributed by atoms with Gasteiger partial charge in [0.05, 0.1) is 19.0 Å². The number of carbonyl (C=O) groups is 3. The maximum atomic E-state index is 12.6. The minimum Gasteiger partial charge on any atom is -0.491 e. The predicted octanol–water partition coefficient (Wildman–Crippen LogP) is 2.93. The number of ether oxygens (including phenoxy) is 4. The van der Waals surface area contributed by atoms with Crippen LogP contribution in [0.25, 0.3) is 0 Å². The van der Waals surface area contributed by atoms with E-state index in [0.29, 0.717) is 23.5 Å². The molecule has 9 nitrogen and oxygen atoms in total. The van der Waals surface area contributed by atoms with Crippen LogP contribution in [0.2, 0.25) is 0 Å². The number of benzene rings is 2. The number of alkyl carbamates (subject to hydrolysis) is 1. The van der Waals surface area contributed by atoms with Gasteiger partial charge in [-0.1, -0.05) is 30.3 Å². The Labute approximate surface area is 203 Å². The van der Waals surface area contributed by atoms with Gasteiger partial charge in [-0.15, -0.1) is 0 Å². The Morgan fingerprint density at radius 2 is 1.74 bits per heavy atom. The molecule has 0 bridgehead atoms. The summed E-state index contributed by atoms with van der Waals surface area (Å²) in [6.07, 6.45) is -2.29. The van der Waals surface area contributed by atoms with Crippen LogP contribution in [0.1, 0.15) is 35.4 Å². The first-order chi connectivity index (χ1) is 16.5. The Bertz CT molecular complexity index is 907. The van der Waals surface area contributed by atoms with Crippen LogP contribution in [-0.2, 0) is 19.0 Å². The Hall–Kier alpha value is -3.08. The normalized spacial score (nSPS) is 12.3. The Kier molecular flexibility index (Phi) is 11.9. The van der Waals surface area contributed by atoms with Crippen LogP contribution in [0.4, 0.5) is 4.79 Å². The summed E-state index contributed by atoms with van der Waals surface area (Å²) in [4.78, 5) is 36.4. The lowest BCUT2D eigenvalue weighted by atomic mass is 10.0. The molecule has 0 aliphatic carbocycles. The quantitative estimate of drug-likeness (QED) is 0.289. The molecule has 0 saturated carbocycles. The number of esters is 1. The molecule has 184 valence electrons. The van der Waals surface area contributed by atoms with E-state index in [0.717, 1.165) is 0 Å². The third-order valence-corrected chi connectivity index (χ3v) is 4.83. The number of aliphatic hydroxyl groups is 1. The number of imide groups is 1. The van der Waals surface area contributed by atoms with E-state index in [2.05, 4.69) is 17.9 Å². The summed E-state index contributed by atoms with van der Waals surface area (Å²) < 4.78 is 21.9. The van der Waals surface area contributed by atoms with E-state index in [4.69, 9.17) is 24.1 Å². The van der Waals surface area contributed by atoms with Gasteiger partial charge >= 0.3 is 12.1 Å². The SMILES string of the molecule is CCO[C@H](CCOC(=O)CS)[C@H](OC(=O)NC(=O)c1ccccc1)c1ccc(OCCO)cc1. The van der Waals surface area contributed by atoms with Crippen molar-refractivity contribution in [2.45, 2.75) is 25.6 Å². The van der Waals surface area contributed by atoms with E-state index in [9.17, 15) is 14.4 Å². The van der Waals surface area contributed by atoms with E-state index < -0.39 is 30.2 Å². The van der Waals surface area contributed by atoms with Crippen molar-refractivity contribution in [2.24, 2.45) is 0 Å². The zero-order valence-corrected chi connectivity index (χ0v) is 19.7. The number of hydrogen-bond acceptors (Lipinski definition) is 9. The maximum Gasteiger partial charge on any atom is 0.414 e. The molecule has 0 spiro atoms. The first kappa shape index (κ1) is 27.2. The van der Waals surface area contributed by atoms with Crippen LogP contribution in [0.5, 0.6) is 5.75 Å². The highest BCUT2D eigenvalue weighted by Gasteiger charge is 2.29. The number of nitrogens with one attached hydrogen (secondary N) is 1. The molecular weight excluding hydrogens is 462 g/mol. The lowest BCUT2D eigenvalue weighted by molar-refractivity contribution is -0.142. The van der Waals surface area contributed by atoms with Crippen molar-refractivity contribution in [1.82, 2.24) is 5.32 Å². The van der Waals surface area contributed by atoms with Gasteiger partial charge in [-0.25, -0.2) is 4.79 Å². The topological polar surface area (TPSA) is 120 Å². The lowest BCUT2D eigenvalue weighted by Crippen LogP contribution is -2.36. The summed E-state index contributed by atoms with van der Waals surface area (Å²) in [6, 6.07) is 15.0. The summed E-state index contributed by atoms with van der Waals surface area (Å²) in [5, 5.41) is 11.1. The van der Waals surface area contributed by atoms with Gasteiger partial charge in [-0.05, 0) is 36.8 Å². The molecule has 0 aliphatic rings. The van der Waals surface area contributed by atoms with Crippen molar-refractivity contribution < 1.29 is 38.4 Å². The van der Waals surface area contributed by atoms with E-state index in [1.807, 2.05) is 0 Å². The summed E-state index contributed by atoms with van der Waals surface area (Å²) in [7, 11) is 0. The molecule has 2 aromatic carbocycles. The summed E-state index contributed by atoms with van der Waals surface area (Å²) >= 11 is 3.88. The van der Waals surface area contributed by atoms with Crippen molar-refractivity contribution in [3.63, 3.8) is 0 Å². The Balaban J connectivity index is 2.19. The average molecular weight is 492 g/mol. The van der Waals surface area contributed by atoms with E-state index in [-0.39, 0.29) is 32.0 Å². The zero-order chi connectivity index (χ0) is 24.8. The van der Waals surface area contributed by atoms with Crippen LogP contribution >= 0.6 is 12.6 Å². The Morgan fingerprint density at radius 3 is 2.35 bits per heavy atom. The monoisotopic (exact) mass is 491 g/mol.